The second-order valence-corrected chi connectivity index (χ2v) is 8.93. The van der Waals surface area contributed by atoms with E-state index in [1.54, 1.807) is 17.0 Å². The predicted octanol–water partition coefficient (Wildman–Crippen LogP) is 1.68. The number of rotatable bonds is 5. The highest BCUT2D eigenvalue weighted by molar-refractivity contribution is 7.91. The summed E-state index contributed by atoms with van der Waals surface area (Å²) in [4.78, 5) is 14.6. The van der Waals surface area contributed by atoms with Crippen molar-refractivity contribution in [2.75, 3.05) is 18.8 Å². The van der Waals surface area contributed by atoms with Crippen molar-refractivity contribution in [3.63, 3.8) is 0 Å². The van der Waals surface area contributed by atoms with E-state index in [0.717, 1.165) is 44.1 Å². The molecule has 5 nitrogen and oxygen atoms in total. The second-order valence-electron chi connectivity index (χ2n) is 6.83. The molecule has 2 N–H and O–H groups in total. The fraction of sp³-hybridized carbons (Fsp3) is 0.611. The fourth-order valence-electron chi connectivity index (χ4n) is 3.80. The third-order valence-corrected chi connectivity index (χ3v) is 6.95. The number of fused-ring (bicyclic) bond motifs is 1. The quantitative estimate of drug-likeness (QED) is 0.876. The molecule has 0 radical (unpaired) electrons. The van der Waals surface area contributed by atoms with Crippen LogP contribution in [0.3, 0.4) is 0 Å². The average Bonchev–Trinajstić information content (AvgIpc) is 3.07. The van der Waals surface area contributed by atoms with Crippen LogP contribution in [0.2, 0.25) is 0 Å². The summed E-state index contributed by atoms with van der Waals surface area (Å²) in [6, 6.07) is 5.47. The average molecular weight is 350 g/mol. The van der Waals surface area contributed by atoms with E-state index >= 15 is 0 Å². The molecule has 0 aromatic heterocycles. The van der Waals surface area contributed by atoms with Gasteiger partial charge in [-0.2, -0.15) is 0 Å². The molecular weight excluding hydrogens is 324 g/mol. The topological polar surface area (TPSA) is 80.5 Å². The van der Waals surface area contributed by atoms with E-state index in [4.69, 9.17) is 5.73 Å². The normalized spacial score (nSPS) is 20.9. The molecule has 1 amide bonds. The largest absolute Gasteiger partial charge is 0.338 e. The van der Waals surface area contributed by atoms with Crippen molar-refractivity contribution in [3.8, 4) is 0 Å². The molecule has 2 aliphatic rings. The molecule has 1 atom stereocenters. The van der Waals surface area contributed by atoms with Crippen molar-refractivity contribution in [2.45, 2.75) is 55.9 Å². The molecule has 1 aliphatic carbocycles. The van der Waals surface area contributed by atoms with Crippen LogP contribution in [0.5, 0.6) is 0 Å². The van der Waals surface area contributed by atoms with Crippen LogP contribution in [0, 0.1) is 0 Å². The van der Waals surface area contributed by atoms with Gasteiger partial charge in [0, 0.05) is 25.6 Å². The molecule has 0 spiro atoms. The van der Waals surface area contributed by atoms with Gasteiger partial charge in [0.1, 0.15) is 0 Å². The van der Waals surface area contributed by atoms with Crippen LogP contribution in [0.15, 0.2) is 23.1 Å². The predicted molar refractivity (Wildman–Crippen MR) is 93.5 cm³/mol. The first-order valence-electron chi connectivity index (χ1n) is 8.85. The molecule has 1 aliphatic heterocycles. The molecular formula is C18H26N2O3S. The van der Waals surface area contributed by atoms with Gasteiger partial charge in [-0.1, -0.05) is 6.07 Å². The van der Waals surface area contributed by atoms with Crippen molar-refractivity contribution in [1.29, 1.82) is 0 Å². The van der Waals surface area contributed by atoms with Gasteiger partial charge in [-0.05, 0) is 61.8 Å². The Morgan fingerprint density at radius 1 is 1.17 bits per heavy atom. The maximum Gasteiger partial charge on any atom is 0.223 e. The molecule has 0 saturated carbocycles. The maximum absolute atomic E-state index is 12.6. The van der Waals surface area contributed by atoms with E-state index in [-0.39, 0.29) is 24.1 Å². The molecule has 132 valence electrons. The molecule has 0 bridgehead atoms. The summed E-state index contributed by atoms with van der Waals surface area (Å²) in [6.45, 7) is 1.14. The van der Waals surface area contributed by atoms with Crippen LogP contribution in [-0.4, -0.2) is 44.1 Å². The minimum atomic E-state index is -3.42. The van der Waals surface area contributed by atoms with Gasteiger partial charge in [0.25, 0.3) is 0 Å². The number of likely N-dealkylation sites (tertiary alicyclic amines) is 1. The number of amides is 1. The standard InChI is InChI=1S/C18H26N2O3S/c19-13-16-6-1-2-10-20(16)18(21)9-11-24(22,23)17-8-7-14-4-3-5-15(14)12-17/h7-8,12,16H,1-6,9-11,13,19H2. The van der Waals surface area contributed by atoms with Gasteiger partial charge in [-0.15, -0.1) is 0 Å². The van der Waals surface area contributed by atoms with Gasteiger partial charge in [0.2, 0.25) is 5.91 Å². The highest BCUT2D eigenvalue weighted by Gasteiger charge is 2.27. The van der Waals surface area contributed by atoms with Gasteiger partial charge in [0.15, 0.2) is 9.84 Å². The number of sulfone groups is 1. The number of hydrogen-bond acceptors (Lipinski definition) is 4. The Labute approximate surface area is 144 Å². The first-order valence-corrected chi connectivity index (χ1v) is 10.5. The lowest BCUT2D eigenvalue weighted by Crippen LogP contribution is -2.47. The Balaban J connectivity index is 1.65. The molecule has 6 heteroatoms. The third kappa shape index (κ3) is 3.64. The van der Waals surface area contributed by atoms with Gasteiger partial charge in [-0.25, -0.2) is 8.42 Å². The number of aryl methyl sites for hydroxylation is 2. The zero-order chi connectivity index (χ0) is 17.2. The summed E-state index contributed by atoms with van der Waals surface area (Å²) in [7, 11) is -3.42. The van der Waals surface area contributed by atoms with Crippen molar-refractivity contribution in [2.24, 2.45) is 5.73 Å². The Bertz CT molecular complexity index is 715. The highest BCUT2D eigenvalue weighted by Crippen LogP contribution is 2.25. The molecule has 1 aromatic carbocycles. The van der Waals surface area contributed by atoms with Crippen LogP contribution in [0.25, 0.3) is 0 Å². The summed E-state index contributed by atoms with van der Waals surface area (Å²) >= 11 is 0. The van der Waals surface area contributed by atoms with E-state index in [0.29, 0.717) is 18.0 Å². The number of benzene rings is 1. The molecule has 1 aromatic rings. The Morgan fingerprint density at radius 3 is 2.75 bits per heavy atom. The zero-order valence-corrected chi connectivity index (χ0v) is 14.9. The molecule has 1 unspecified atom stereocenters. The van der Waals surface area contributed by atoms with Gasteiger partial charge in [-0.3, -0.25) is 4.79 Å². The SMILES string of the molecule is NCC1CCCCN1C(=O)CCS(=O)(=O)c1ccc2c(c1)CCC2. The molecule has 3 rings (SSSR count). The van der Waals surface area contributed by atoms with Gasteiger partial charge >= 0.3 is 0 Å². The minimum Gasteiger partial charge on any atom is -0.338 e. The number of hydrogen-bond donors (Lipinski definition) is 1. The van der Waals surface area contributed by atoms with Crippen molar-refractivity contribution in [3.05, 3.63) is 29.3 Å². The zero-order valence-electron chi connectivity index (χ0n) is 14.0. The van der Waals surface area contributed by atoms with Crippen molar-refractivity contribution in [1.82, 2.24) is 4.90 Å². The third-order valence-electron chi connectivity index (χ3n) is 5.23. The lowest BCUT2D eigenvalue weighted by atomic mass is 10.0. The van der Waals surface area contributed by atoms with Crippen LogP contribution in [-0.2, 0) is 27.5 Å². The summed E-state index contributed by atoms with van der Waals surface area (Å²) in [5, 5.41) is 0. The van der Waals surface area contributed by atoms with Crippen LogP contribution in [0.1, 0.15) is 43.2 Å². The van der Waals surface area contributed by atoms with Gasteiger partial charge in [0.05, 0.1) is 10.6 Å². The smallest absolute Gasteiger partial charge is 0.223 e. The minimum absolute atomic E-state index is 0.0376. The Kier molecular flexibility index (Phi) is 5.25. The first-order chi connectivity index (χ1) is 11.5. The lowest BCUT2D eigenvalue weighted by Gasteiger charge is -2.35. The van der Waals surface area contributed by atoms with E-state index < -0.39 is 9.84 Å². The van der Waals surface area contributed by atoms with E-state index in [1.165, 1.54) is 5.56 Å². The summed E-state index contributed by atoms with van der Waals surface area (Å²) in [6.07, 6.45) is 6.08. The molecule has 1 saturated heterocycles. The maximum atomic E-state index is 12.6. The van der Waals surface area contributed by atoms with Crippen molar-refractivity contribution < 1.29 is 13.2 Å². The second kappa shape index (κ2) is 7.23. The number of piperidine rings is 1. The van der Waals surface area contributed by atoms with E-state index in [2.05, 4.69) is 0 Å². The molecule has 1 heterocycles. The molecule has 1 fully saturated rings. The highest BCUT2D eigenvalue weighted by atomic mass is 32.2. The Hall–Kier alpha value is -1.40. The number of nitrogens with zero attached hydrogens (tertiary/aromatic N) is 1. The number of nitrogens with two attached hydrogens (primary N) is 1. The molecule has 24 heavy (non-hydrogen) atoms. The number of carbonyl (C=O) groups is 1. The van der Waals surface area contributed by atoms with Crippen molar-refractivity contribution >= 4 is 15.7 Å². The summed E-state index contributed by atoms with van der Waals surface area (Å²) < 4.78 is 25.1. The summed E-state index contributed by atoms with van der Waals surface area (Å²) in [5.74, 6) is -0.215. The van der Waals surface area contributed by atoms with Crippen LogP contribution < -0.4 is 5.73 Å². The summed E-state index contributed by atoms with van der Waals surface area (Å²) in [5.41, 5.74) is 8.14. The number of carbonyl (C=O) groups excluding carboxylic acids is 1. The monoisotopic (exact) mass is 350 g/mol. The van der Waals surface area contributed by atoms with Crippen LogP contribution in [0.4, 0.5) is 0 Å². The Morgan fingerprint density at radius 2 is 1.96 bits per heavy atom. The lowest BCUT2D eigenvalue weighted by molar-refractivity contribution is -0.134. The first kappa shape index (κ1) is 17.4. The van der Waals surface area contributed by atoms with Crippen LogP contribution >= 0.6 is 0 Å². The fourth-order valence-corrected chi connectivity index (χ4v) is 5.07. The van der Waals surface area contributed by atoms with E-state index in [1.807, 2.05) is 6.07 Å². The van der Waals surface area contributed by atoms with Gasteiger partial charge < -0.3 is 10.6 Å². The van der Waals surface area contributed by atoms with E-state index in [9.17, 15) is 13.2 Å².